The SMILES string of the molecule is CC1CN(S(=O)(=O)c2cn(C)c(=O)n(C)c2=O)CC1N. The van der Waals surface area contributed by atoms with Crippen molar-refractivity contribution in [3.63, 3.8) is 0 Å². The average Bonchev–Trinajstić information content (AvgIpc) is 2.72. The van der Waals surface area contributed by atoms with Gasteiger partial charge in [-0.25, -0.2) is 13.2 Å². The summed E-state index contributed by atoms with van der Waals surface area (Å²) < 4.78 is 28.1. The minimum absolute atomic E-state index is 0.0289. The van der Waals surface area contributed by atoms with E-state index in [9.17, 15) is 18.0 Å². The zero-order valence-corrected chi connectivity index (χ0v) is 12.4. The maximum Gasteiger partial charge on any atom is 0.330 e. The fourth-order valence-corrected chi connectivity index (χ4v) is 3.96. The van der Waals surface area contributed by atoms with Gasteiger partial charge in [0, 0.05) is 39.4 Å². The van der Waals surface area contributed by atoms with Gasteiger partial charge in [-0.05, 0) is 5.92 Å². The molecule has 2 unspecified atom stereocenters. The third kappa shape index (κ3) is 2.21. The van der Waals surface area contributed by atoms with Crippen LogP contribution in [0.3, 0.4) is 0 Å². The standard InChI is InChI=1S/C11H18N4O4S/c1-7-4-15(5-8(7)12)20(18,19)9-6-13(2)11(17)14(3)10(9)16/h6-8H,4-5,12H2,1-3H3. The van der Waals surface area contributed by atoms with Crippen molar-refractivity contribution in [2.24, 2.45) is 25.7 Å². The van der Waals surface area contributed by atoms with Crippen molar-refractivity contribution in [3.8, 4) is 0 Å². The van der Waals surface area contributed by atoms with Gasteiger partial charge in [0.05, 0.1) is 0 Å². The summed E-state index contributed by atoms with van der Waals surface area (Å²) in [5, 5.41) is 0. The Hall–Kier alpha value is -1.45. The molecule has 0 aliphatic carbocycles. The van der Waals surface area contributed by atoms with E-state index in [1.54, 1.807) is 0 Å². The van der Waals surface area contributed by atoms with Gasteiger partial charge in [0.2, 0.25) is 10.0 Å². The van der Waals surface area contributed by atoms with Gasteiger partial charge in [-0.1, -0.05) is 6.92 Å². The summed E-state index contributed by atoms with van der Waals surface area (Å²) in [6.07, 6.45) is 1.06. The molecule has 2 atom stereocenters. The summed E-state index contributed by atoms with van der Waals surface area (Å²) >= 11 is 0. The van der Waals surface area contributed by atoms with Crippen LogP contribution in [-0.4, -0.2) is 41.0 Å². The molecule has 1 aliphatic rings. The van der Waals surface area contributed by atoms with E-state index in [2.05, 4.69) is 0 Å². The number of nitrogens with zero attached hydrogens (tertiary/aromatic N) is 3. The minimum Gasteiger partial charge on any atom is -0.326 e. The molecule has 0 aromatic carbocycles. The Morgan fingerprint density at radius 3 is 2.35 bits per heavy atom. The fourth-order valence-electron chi connectivity index (χ4n) is 2.23. The second-order valence-corrected chi connectivity index (χ2v) is 7.12. The molecule has 0 bridgehead atoms. The third-order valence-corrected chi connectivity index (χ3v) is 5.48. The van der Waals surface area contributed by atoms with Gasteiger partial charge in [0.15, 0.2) is 4.90 Å². The zero-order chi connectivity index (χ0) is 15.2. The molecule has 112 valence electrons. The minimum atomic E-state index is -3.94. The number of sulfonamides is 1. The van der Waals surface area contributed by atoms with E-state index in [-0.39, 0.29) is 25.0 Å². The Morgan fingerprint density at radius 2 is 1.85 bits per heavy atom. The lowest BCUT2D eigenvalue weighted by Gasteiger charge is -2.16. The maximum absolute atomic E-state index is 12.5. The molecule has 8 nitrogen and oxygen atoms in total. The Kier molecular flexibility index (Phi) is 3.61. The van der Waals surface area contributed by atoms with Crippen LogP contribution in [0.25, 0.3) is 0 Å². The highest BCUT2D eigenvalue weighted by Crippen LogP contribution is 2.21. The van der Waals surface area contributed by atoms with E-state index < -0.39 is 26.2 Å². The molecule has 1 aliphatic heterocycles. The molecule has 1 aromatic heterocycles. The summed E-state index contributed by atoms with van der Waals surface area (Å²) in [5.41, 5.74) is 4.43. The number of nitrogens with two attached hydrogens (primary N) is 1. The predicted molar refractivity (Wildman–Crippen MR) is 72.8 cm³/mol. The molecule has 0 radical (unpaired) electrons. The van der Waals surface area contributed by atoms with Crippen LogP contribution < -0.4 is 17.0 Å². The second kappa shape index (κ2) is 4.83. The van der Waals surface area contributed by atoms with Crippen LogP contribution in [0.2, 0.25) is 0 Å². The Balaban J connectivity index is 2.57. The van der Waals surface area contributed by atoms with Crippen molar-refractivity contribution < 1.29 is 8.42 Å². The lowest BCUT2D eigenvalue weighted by molar-refractivity contribution is 0.460. The molecule has 2 N–H and O–H groups in total. The molecule has 0 spiro atoms. The van der Waals surface area contributed by atoms with Crippen molar-refractivity contribution in [3.05, 3.63) is 27.0 Å². The summed E-state index contributed by atoms with van der Waals surface area (Å²) in [6, 6.07) is -0.249. The normalized spacial score (nSPS) is 24.2. The van der Waals surface area contributed by atoms with Crippen molar-refractivity contribution in [2.45, 2.75) is 17.9 Å². The number of aromatic nitrogens is 2. The summed E-state index contributed by atoms with van der Waals surface area (Å²) in [4.78, 5) is 23.2. The molecule has 1 fully saturated rings. The Bertz CT molecular complexity index is 739. The molecule has 1 aromatic rings. The van der Waals surface area contributed by atoms with Crippen molar-refractivity contribution in [1.82, 2.24) is 13.4 Å². The Labute approximate surface area is 116 Å². The predicted octanol–water partition coefficient (Wildman–Crippen LogP) is -1.95. The van der Waals surface area contributed by atoms with Crippen LogP contribution >= 0.6 is 0 Å². The van der Waals surface area contributed by atoms with E-state index in [1.807, 2.05) is 6.92 Å². The highest BCUT2D eigenvalue weighted by atomic mass is 32.2. The van der Waals surface area contributed by atoms with Crippen LogP contribution in [0.15, 0.2) is 20.7 Å². The smallest absolute Gasteiger partial charge is 0.326 e. The molecule has 1 saturated heterocycles. The first-order valence-corrected chi connectivity index (χ1v) is 7.62. The van der Waals surface area contributed by atoms with Gasteiger partial charge in [-0.2, -0.15) is 4.31 Å². The monoisotopic (exact) mass is 302 g/mol. The largest absolute Gasteiger partial charge is 0.330 e. The van der Waals surface area contributed by atoms with Crippen LogP contribution in [-0.2, 0) is 24.1 Å². The first-order chi connectivity index (χ1) is 9.16. The number of rotatable bonds is 2. The quantitative estimate of drug-likeness (QED) is 0.683. The third-order valence-electron chi connectivity index (χ3n) is 3.67. The Morgan fingerprint density at radius 1 is 1.25 bits per heavy atom. The highest BCUT2D eigenvalue weighted by molar-refractivity contribution is 7.89. The summed E-state index contributed by atoms with van der Waals surface area (Å²) in [7, 11) is -1.28. The molecular weight excluding hydrogens is 284 g/mol. The first-order valence-electron chi connectivity index (χ1n) is 6.18. The van der Waals surface area contributed by atoms with Gasteiger partial charge in [-0.15, -0.1) is 0 Å². The average molecular weight is 302 g/mol. The maximum atomic E-state index is 12.5. The molecule has 0 saturated carbocycles. The number of aryl methyl sites for hydroxylation is 1. The van der Waals surface area contributed by atoms with Gasteiger partial charge in [0.25, 0.3) is 5.56 Å². The van der Waals surface area contributed by atoms with Gasteiger partial charge >= 0.3 is 5.69 Å². The van der Waals surface area contributed by atoms with Gasteiger partial charge < -0.3 is 10.3 Å². The first kappa shape index (κ1) is 14.9. The highest BCUT2D eigenvalue weighted by Gasteiger charge is 2.37. The van der Waals surface area contributed by atoms with E-state index >= 15 is 0 Å². The fraction of sp³-hybridized carbons (Fsp3) is 0.636. The van der Waals surface area contributed by atoms with E-state index in [1.165, 1.54) is 18.4 Å². The van der Waals surface area contributed by atoms with Gasteiger partial charge in [-0.3, -0.25) is 9.36 Å². The lowest BCUT2D eigenvalue weighted by atomic mass is 10.1. The molecule has 9 heteroatoms. The zero-order valence-electron chi connectivity index (χ0n) is 11.6. The van der Waals surface area contributed by atoms with Crippen LogP contribution in [0.1, 0.15) is 6.92 Å². The van der Waals surface area contributed by atoms with Crippen molar-refractivity contribution in [1.29, 1.82) is 0 Å². The summed E-state index contributed by atoms with van der Waals surface area (Å²) in [6.45, 7) is 2.31. The van der Waals surface area contributed by atoms with E-state index in [0.717, 1.165) is 15.3 Å². The second-order valence-electron chi connectivity index (χ2n) is 5.21. The molecule has 2 heterocycles. The number of hydrogen-bond donors (Lipinski definition) is 1. The van der Waals surface area contributed by atoms with Crippen LogP contribution in [0.4, 0.5) is 0 Å². The molecular formula is C11H18N4O4S. The van der Waals surface area contributed by atoms with E-state index in [0.29, 0.717) is 0 Å². The van der Waals surface area contributed by atoms with Crippen molar-refractivity contribution in [2.75, 3.05) is 13.1 Å². The molecule has 0 amide bonds. The summed E-state index contributed by atoms with van der Waals surface area (Å²) in [5.74, 6) is 0.0289. The number of hydrogen-bond acceptors (Lipinski definition) is 5. The molecule has 2 rings (SSSR count). The van der Waals surface area contributed by atoms with Gasteiger partial charge in [0.1, 0.15) is 0 Å². The topological polar surface area (TPSA) is 107 Å². The lowest BCUT2D eigenvalue weighted by Crippen LogP contribution is -2.42. The van der Waals surface area contributed by atoms with Crippen molar-refractivity contribution >= 4 is 10.0 Å². The van der Waals surface area contributed by atoms with Crippen LogP contribution in [0.5, 0.6) is 0 Å². The van der Waals surface area contributed by atoms with Crippen LogP contribution in [0, 0.1) is 5.92 Å². The molecule has 20 heavy (non-hydrogen) atoms. The van der Waals surface area contributed by atoms with E-state index in [4.69, 9.17) is 5.73 Å².